The normalized spacial score (nSPS) is 10.1. The number of hydrogen-bond acceptors (Lipinski definition) is 2. The summed E-state index contributed by atoms with van der Waals surface area (Å²) < 4.78 is 5.00. The predicted molar refractivity (Wildman–Crippen MR) is 60.8 cm³/mol. The van der Waals surface area contributed by atoms with Crippen LogP contribution in [-0.2, 0) is 11.2 Å². The van der Waals surface area contributed by atoms with Gasteiger partial charge in [0.2, 0.25) is 0 Å². The van der Waals surface area contributed by atoms with Crippen molar-refractivity contribution in [2.24, 2.45) is 0 Å². The van der Waals surface area contributed by atoms with Crippen molar-refractivity contribution >= 4 is 5.69 Å². The van der Waals surface area contributed by atoms with E-state index in [-0.39, 0.29) is 0 Å². The van der Waals surface area contributed by atoms with Gasteiger partial charge in [-0.1, -0.05) is 25.1 Å². The van der Waals surface area contributed by atoms with E-state index in [0.717, 1.165) is 26.0 Å². The summed E-state index contributed by atoms with van der Waals surface area (Å²) in [4.78, 5) is 0. The summed E-state index contributed by atoms with van der Waals surface area (Å²) in [5.74, 6) is 0. The maximum atomic E-state index is 5.00. The molecule has 1 N–H and O–H groups in total. The van der Waals surface area contributed by atoms with Crippen LogP contribution in [0.3, 0.4) is 0 Å². The molecule has 0 fully saturated rings. The average Bonchev–Trinajstić information content (AvgIpc) is 2.25. The van der Waals surface area contributed by atoms with Gasteiger partial charge in [-0.25, -0.2) is 0 Å². The second-order valence-corrected chi connectivity index (χ2v) is 3.28. The Hall–Kier alpha value is -1.02. The molecule has 2 nitrogen and oxygen atoms in total. The van der Waals surface area contributed by atoms with E-state index in [1.54, 1.807) is 7.11 Å². The van der Waals surface area contributed by atoms with Gasteiger partial charge in [0.1, 0.15) is 0 Å². The molecule has 0 aromatic heterocycles. The Kier molecular flexibility index (Phi) is 5.08. The van der Waals surface area contributed by atoms with Crippen LogP contribution in [0.25, 0.3) is 0 Å². The van der Waals surface area contributed by atoms with E-state index in [2.05, 4.69) is 36.5 Å². The van der Waals surface area contributed by atoms with Crippen LogP contribution in [0.2, 0.25) is 0 Å². The Morgan fingerprint density at radius 1 is 1.29 bits per heavy atom. The molecule has 0 saturated carbocycles. The van der Waals surface area contributed by atoms with Crippen molar-refractivity contribution in [2.45, 2.75) is 19.8 Å². The molecule has 1 aromatic rings. The number of ether oxygens (including phenoxy) is 1. The van der Waals surface area contributed by atoms with Gasteiger partial charge >= 0.3 is 0 Å². The minimum atomic E-state index is 0.821. The Bertz CT molecular complexity index is 260. The predicted octanol–water partition coefficient (Wildman–Crippen LogP) is 2.70. The first-order chi connectivity index (χ1) is 6.88. The van der Waals surface area contributed by atoms with Gasteiger partial charge in [-0.15, -0.1) is 0 Å². The molecule has 2 heteroatoms. The monoisotopic (exact) mass is 193 g/mol. The van der Waals surface area contributed by atoms with Crippen LogP contribution >= 0.6 is 0 Å². The molecule has 0 aliphatic heterocycles. The van der Waals surface area contributed by atoms with E-state index in [9.17, 15) is 0 Å². The lowest BCUT2D eigenvalue weighted by atomic mass is 10.1. The molecule has 78 valence electrons. The largest absolute Gasteiger partial charge is 0.385 e. The average molecular weight is 193 g/mol. The van der Waals surface area contributed by atoms with Crippen LogP contribution in [0, 0.1) is 0 Å². The zero-order valence-corrected chi connectivity index (χ0v) is 9.05. The Balaban J connectivity index is 2.41. The van der Waals surface area contributed by atoms with Gasteiger partial charge in [0, 0.05) is 25.9 Å². The highest BCUT2D eigenvalue weighted by molar-refractivity contribution is 5.50. The van der Waals surface area contributed by atoms with Crippen LogP contribution < -0.4 is 5.32 Å². The van der Waals surface area contributed by atoms with Crippen molar-refractivity contribution in [1.82, 2.24) is 0 Å². The molecule has 0 aliphatic rings. The summed E-state index contributed by atoms with van der Waals surface area (Å²) in [6.07, 6.45) is 2.13. The Morgan fingerprint density at radius 3 is 2.79 bits per heavy atom. The number of benzene rings is 1. The van der Waals surface area contributed by atoms with Crippen LogP contribution in [0.15, 0.2) is 24.3 Å². The molecule has 0 heterocycles. The number of nitrogens with one attached hydrogen (secondary N) is 1. The van der Waals surface area contributed by atoms with Crippen molar-refractivity contribution in [3.8, 4) is 0 Å². The van der Waals surface area contributed by atoms with Gasteiger partial charge in [-0.05, 0) is 24.5 Å². The van der Waals surface area contributed by atoms with Crippen molar-refractivity contribution < 1.29 is 4.74 Å². The molecule has 0 amide bonds. The number of para-hydroxylation sites is 1. The molecule has 0 spiro atoms. The Labute approximate surface area is 86.3 Å². The van der Waals surface area contributed by atoms with E-state index in [0.29, 0.717) is 0 Å². The summed E-state index contributed by atoms with van der Waals surface area (Å²) in [7, 11) is 1.74. The van der Waals surface area contributed by atoms with Crippen LogP contribution in [0.4, 0.5) is 5.69 Å². The number of aryl methyl sites for hydroxylation is 1. The fraction of sp³-hybridized carbons (Fsp3) is 0.500. The molecule has 0 atom stereocenters. The number of methoxy groups -OCH3 is 1. The molecule has 0 bridgehead atoms. The zero-order valence-electron chi connectivity index (χ0n) is 9.05. The highest BCUT2D eigenvalue weighted by Crippen LogP contribution is 2.14. The molecule has 0 aliphatic carbocycles. The van der Waals surface area contributed by atoms with Crippen molar-refractivity contribution in [2.75, 3.05) is 25.6 Å². The number of anilines is 1. The molecule has 1 aromatic carbocycles. The van der Waals surface area contributed by atoms with Crippen LogP contribution in [0.5, 0.6) is 0 Å². The molecule has 0 radical (unpaired) electrons. The van der Waals surface area contributed by atoms with Gasteiger partial charge in [-0.3, -0.25) is 0 Å². The zero-order chi connectivity index (χ0) is 10.2. The van der Waals surface area contributed by atoms with Crippen molar-refractivity contribution in [3.63, 3.8) is 0 Å². The third-order valence-corrected chi connectivity index (χ3v) is 2.24. The molecule has 1 rings (SSSR count). The first-order valence-electron chi connectivity index (χ1n) is 5.19. The highest BCUT2D eigenvalue weighted by Gasteiger charge is 1.97. The second kappa shape index (κ2) is 6.44. The topological polar surface area (TPSA) is 21.3 Å². The molecular formula is C12H19NO. The lowest BCUT2D eigenvalue weighted by Gasteiger charge is -2.10. The lowest BCUT2D eigenvalue weighted by Crippen LogP contribution is -2.06. The standard InChI is InChI=1S/C12H19NO/c1-3-11-7-4-5-8-12(11)13-9-6-10-14-2/h4-5,7-8,13H,3,6,9-10H2,1-2H3. The Morgan fingerprint density at radius 2 is 2.07 bits per heavy atom. The van der Waals surface area contributed by atoms with E-state index in [1.807, 2.05) is 0 Å². The fourth-order valence-corrected chi connectivity index (χ4v) is 1.44. The molecule has 0 saturated heterocycles. The minimum Gasteiger partial charge on any atom is -0.385 e. The maximum Gasteiger partial charge on any atom is 0.0479 e. The van der Waals surface area contributed by atoms with Crippen LogP contribution in [-0.4, -0.2) is 20.3 Å². The van der Waals surface area contributed by atoms with E-state index >= 15 is 0 Å². The van der Waals surface area contributed by atoms with Gasteiger partial charge in [0.15, 0.2) is 0 Å². The lowest BCUT2D eigenvalue weighted by molar-refractivity contribution is 0.198. The third-order valence-electron chi connectivity index (χ3n) is 2.24. The quantitative estimate of drug-likeness (QED) is 0.701. The van der Waals surface area contributed by atoms with Crippen molar-refractivity contribution in [1.29, 1.82) is 0 Å². The summed E-state index contributed by atoms with van der Waals surface area (Å²) in [5, 5.41) is 3.42. The van der Waals surface area contributed by atoms with Gasteiger partial charge in [-0.2, -0.15) is 0 Å². The second-order valence-electron chi connectivity index (χ2n) is 3.28. The molecule has 14 heavy (non-hydrogen) atoms. The first kappa shape index (κ1) is 11.1. The summed E-state index contributed by atoms with van der Waals surface area (Å²) in [5.41, 5.74) is 2.64. The summed E-state index contributed by atoms with van der Waals surface area (Å²) in [6, 6.07) is 8.45. The van der Waals surface area contributed by atoms with E-state index < -0.39 is 0 Å². The first-order valence-corrected chi connectivity index (χ1v) is 5.19. The molecule has 0 unspecified atom stereocenters. The smallest absolute Gasteiger partial charge is 0.0479 e. The highest BCUT2D eigenvalue weighted by atomic mass is 16.5. The third kappa shape index (κ3) is 3.38. The number of hydrogen-bond donors (Lipinski definition) is 1. The maximum absolute atomic E-state index is 5.00. The van der Waals surface area contributed by atoms with Crippen molar-refractivity contribution in [3.05, 3.63) is 29.8 Å². The SMILES string of the molecule is CCc1ccccc1NCCCOC. The number of rotatable bonds is 6. The van der Waals surface area contributed by atoms with E-state index in [1.165, 1.54) is 11.3 Å². The minimum absolute atomic E-state index is 0.821. The summed E-state index contributed by atoms with van der Waals surface area (Å²) in [6.45, 7) is 3.97. The van der Waals surface area contributed by atoms with Gasteiger partial charge in [0.25, 0.3) is 0 Å². The summed E-state index contributed by atoms with van der Waals surface area (Å²) >= 11 is 0. The fourth-order valence-electron chi connectivity index (χ4n) is 1.44. The van der Waals surface area contributed by atoms with Gasteiger partial charge in [0.05, 0.1) is 0 Å². The van der Waals surface area contributed by atoms with Crippen LogP contribution in [0.1, 0.15) is 18.9 Å². The van der Waals surface area contributed by atoms with E-state index in [4.69, 9.17) is 4.74 Å². The van der Waals surface area contributed by atoms with Gasteiger partial charge < -0.3 is 10.1 Å². The molecular weight excluding hydrogens is 174 g/mol.